The van der Waals surface area contributed by atoms with Crippen molar-refractivity contribution in [1.29, 1.82) is 0 Å². The minimum atomic E-state index is -0.596. The number of amides is 2. The standard InChI is InChI=1S/C18H21N3O6S/c1-11-4-5-14(25-3)13(6-11)19-16(22)8-26-18(24)10-28-9-17(23)20-15-7-12(2)27-21-15/h4-7H,8-10H2,1-3H3,(H,19,22)(H,20,21,23). The van der Waals surface area contributed by atoms with Gasteiger partial charge in [-0.3, -0.25) is 14.4 Å². The zero-order valence-corrected chi connectivity index (χ0v) is 16.6. The smallest absolute Gasteiger partial charge is 0.316 e. The molecular formula is C18H21N3O6S. The highest BCUT2D eigenvalue weighted by molar-refractivity contribution is 8.00. The number of thioether (sulfide) groups is 1. The fourth-order valence-electron chi connectivity index (χ4n) is 2.12. The number of nitrogens with one attached hydrogen (secondary N) is 2. The van der Waals surface area contributed by atoms with Crippen LogP contribution in [-0.2, 0) is 19.1 Å². The average molecular weight is 407 g/mol. The Morgan fingerprint density at radius 2 is 1.89 bits per heavy atom. The monoisotopic (exact) mass is 407 g/mol. The van der Waals surface area contributed by atoms with Gasteiger partial charge in [0.05, 0.1) is 24.3 Å². The molecule has 0 atom stereocenters. The van der Waals surface area contributed by atoms with E-state index in [0.29, 0.717) is 23.0 Å². The number of esters is 1. The normalized spacial score (nSPS) is 10.2. The summed E-state index contributed by atoms with van der Waals surface area (Å²) in [4.78, 5) is 35.4. The number of carbonyl (C=O) groups excluding carboxylic acids is 3. The van der Waals surface area contributed by atoms with Gasteiger partial charge < -0.3 is 24.6 Å². The van der Waals surface area contributed by atoms with Gasteiger partial charge in [0.1, 0.15) is 11.5 Å². The van der Waals surface area contributed by atoms with E-state index in [1.54, 1.807) is 25.1 Å². The van der Waals surface area contributed by atoms with Crippen molar-refractivity contribution in [3.8, 4) is 5.75 Å². The van der Waals surface area contributed by atoms with Crippen molar-refractivity contribution < 1.29 is 28.4 Å². The second kappa shape index (κ2) is 10.4. The van der Waals surface area contributed by atoms with Crippen molar-refractivity contribution in [1.82, 2.24) is 5.16 Å². The SMILES string of the molecule is COc1ccc(C)cc1NC(=O)COC(=O)CSCC(=O)Nc1cc(C)on1. The summed E-state index contributed by atoms with van der Waals surface area (Å²) in [5.74, 6) is -0.0330. The molecule has 0 spiro atoms. The molecule has 2 aromatic rings. The van der Waals surface area contributed by atoms with Gasteiger partial charge in [-0.2, -0.15) is 0 Å². The van der Waals surface area contributed by atoms with Crippen molar-refractivity contribution in [2.24, 2.45) is 0 Å². The number of methoxy groups -OCH3 is 1. The molecule has 0 saturated carbocycles. The quantitative estimate of drug-likeness (QED) is 0.607. The number of anilines is 2. The van der Waals surface area contributed by atoms with Crippen LogP contribution in [0.25, 0.3) is 0 Å². The minimum Gasteiger partial charge on any atom is -0.495 e. The average Bonchev–Trinajstić information content (AvgIpc) is 3.05. The Bertz CT molecular complexity index is 852. The van der Waals surface area contributed by atoms with Crippen LogP contribution in [0.15, 0.2) is 28.8 Å². The second-order valence-electron chi connectivity index (χ2n) is 5.78. The third-order valence-electron chi connectivity index (χ3n) is 3.34. The van der Waals surface area contributed by atoms with Gasteiger partial charge in [0.15, 0.2) is 12.4 Å². The highest BCUT2D eigenvalue weighted by Crippen LogP contribution is 2.25. The van der Waals surface area contributed by atoms with Gasteiger partial charge in [-0.05, 0) is 31.5 Å². The van der Waals surface area contributed by atoms with Crippen LogP contribution in [-0.4, -0.2) is 48.2 Å². The summed E-state index contributed by atoms with van der Waals surface area (Å²) in [5.41, 5.74) is 1.45. The molecular weight excluding hydrogens is 386 g/mol. The van der Waals surface area contributed by atoms with Crippen molar-refractivity contribution in [2.75, 3.05) is 35.9 Å². The van der Waals surface area contributed by atoms with E-state index >= 15 is 0 Å². The van der Waals surface area contributed by atoms with Crippen molar-refractivity contribution in [3.63, 3.8) is 0 Å². The predicted octanol–water partition coefficient (Wildman–Crippen LogP) is 2.15. The summed E-state index contributed by atoms with van der Waals surface area (Å²) >= 11 is 1.06. The molecule has 2 rings (SSSR count). The number of ether oxygens (including phenoxy) is 2. The van der Waals surface area contributed by atoms with E-state index < -0.39 is 18.5 Å². The van der Waals surface area contributed by atoms with Crippen LogP contribution in [0.1, 0.15) is 11.3 Å². The summed E-state index contributed by atoms with van der Waals surface area (Å²) < 4.78 is 14.9. The molecule has 0 aliphatic heterocycles. The molecule has 150 valence electrons. The highest BCUT2D eigenvalue weighted by atomic mass is 32.2. The number of carbonyl (C=O) groups is 3. The Kier molecular flexibility index (Phi) is 7.88. The van der Waals surface area contributed by atoms with E-state index in [2.05, 4.69) is 15.8 Å². The summed E-state index contributed by atoms with van der Waals surface area (Å²) in [6.45, 7) is 3.16. The summed E-state index contributed by atoms with van der Waals surface area (Å²) in [6, 6.07) is 6.92. The molecule has 0 saturated heterocycles. The molecule has 28 heavy (non-hydrogen) atoms. The lowest BCUT2D eigenvalue weighted by Crippen LogP contribution is -2.22. The van der Waals surface area contributed by atoms with Crippen LogP contribution in [0.4, 0.5) is 11.5 Å². The molecule has 10 heteroatoms. The van der Waals surface area contributed by atoms with Crippen molar-refractivity contribution in [2.45, 2.75) is 13.8 Å². The first-order valence-corrected chi connectivity index (χ1v) is 9.44. The number of hydrogen-bond donors (Lipinski definition) is 2. The van der Waals surface area contributed by atoms with Gasteiger partial charge in [-0.15, -0.1) is 11.8 Å². The summed E-state index contributed by atoms with van der Waals surface area (Å²) in [5, 5.41) is 8.81. The molecule has 1 heterocycles. The van der Waals surface area contributed by atoms with E-state index in [9.17, 15) is 14.4 Å². The molecule has 2 amide bonds. The molecule has 0 fully saturated rings. The van der Waals surface area contributed by atoms with Gasteiger partial charge in [0, 0.05) is 6.07 Å². The second-order valence-corrected chi connectivity index (χ2v) is 6.76. The Morgan fingerprint density at radius 1 is 1.11 bits per heavy atom. The van der Waals surface area contributed by atoms with Crippen LogP contribution in [0, 0.1) is 13.8 Å². The number of aryl methyl sites for hydroxylation is 2. The van der Waals surface area contributed by atoms with Crippen molar-refractivity contribution in [3.05, 3.63) is 35.6 Å². The first-order chi connectivity index (χ1) is 13.4. The molecule has 0 unspecified atom stereocenters. The number of rotatable bonds is 9. The Balaban J connectivity index is 1.67. The van der Waals surface area contributed by atoms with Gasteiger partial charge in [0.2, 0.25) is 5.91 Å². The van der Waals surface area contributed by atoms with Gasteiger partial charge in [-0.25, -0.2) is 0 Å². The first-order valence-electron chi connectivity index (χ1n) is 8.28. The molecule has 9 nitrogen and oxygen atoms in total. The molecule has 0 radical (unpaired) electrons. The molecule has 2 N–H and O–H groups in total. The Morgan fingerprint density at radius 3 is 2.57 bits per heavy atom. The lowest BCUT2D eigenvalue weighted by Gasteiger charge is -2.11. The van der Waals surface area contributed by atoms with E-state index in [4.69, 9.17) is 14.0 Å². The lowest BCUT2D eigenvalue weighted by molar-refractivity contribution is -0.144. The lowest BCUT2D eigenvalue weighted by atomic mass is 10.2. The van der Waals surface area contributed by atoms with E-state index in [1.165, 1.54) is 7.11 Å². The van der Waals surface area contributed by atoms with E-state index in [0.717, 1.165) is 17.3 Å². The Labute approximate surface area is 166 Å². The molecule has 1 aromatic heterocycles. The maximum absolute atomic E-state index is 12.0. The molecule has 0 aliphatic rings. The zero-order valence-electron chi connectivity index (χ0n) is 15.7. The minimum absolute atomic E-state index is 0.0354. The number of benzene rings is 1. The number of hydrogen-bond acceptors (Lipinski definition) is 8. The molecule has 0 bridgehead atoms. The summed E-state index contributed by atoms with van der Waals surface area (Å²) in [6.07, 6.45) is 0. The van der Waals surface area contributed by atoms with Crippen molar-refractivity contribution >= 4 is 41.1 Å². The van der Waals surface area contributed by atoms with Crippen LogP contribution < -0.4 is 15.4 Å². The third-order valence-corrected chi connectivity index (χ3v) is 4.25. The third kappa shape index (κ3) is 6.95. The fraction of sp³-hybridized carbons (Fsp3) is 0.333. The van der Waals surface area contributed by atoms with Crippen LogP contribution >= 0.6 is 11.8 Å². The molecule has 0 aliphatic carbocycles. The van der Waals surface area contributed by atoms with Crippen LogP contribution in [0.5, 0.6) is 5.75 Å². The highest BCUT2D eigenvalue weighted by Gasteiger charge is 2.12. The largest absolute Gasteiger partial charge is 0.495 e. The van der Waals surface area contributed by atoms with Crippen LogP contribution in [0.2, 0.25) is 0 Å². The van der Waals surface area contributed by atoms with Gasteiger partial charge in [-0.1, -0.05) is 11.2 Å². The number of nitrogens with zero attached hydrogens (tertiary/aromatic N) is 1. The Hall–Kier alpha value is -3.01. The maximum atomic E-state index is 12.0. The fourth-order valence-corrected chi connectivity index (χ4v) is 2.73. The number of aromatic nitrogens is 1. The maximum Gasteiger partial charge on any atom is 0.316 e. The summed E-state index contributed by atoms with van der Waals surface area (Å²) in [7, 11) is 1.50. The zero-order chi connectivity index (χ0) is 20.5. The van der Waals surface area contributed by atoms with Gasteiger partial charge in [0.25, 0.3) is 5.91 Å². The molecule has 1 aromatic carbocycles. The van der Waals surface area contributed by atoms with E-state index in [1.807, 2.05) is 13.0 Å². The predicted molar refractivity (Wildman–Crippen MR) is 105 cm³/mol. The topological polar surface area (TPSA) is 120 Å². The first kappa shape index (κ1) is 21.3. The van der Waals surface area contributed by atoms with E-state index in [-0.39, 0.29) is 17.4 Å². The van der Waals surface area contributed by atoms with Gasteiger partial charge >= 0.3 is 5.97 Å². The van der Waals surface area contributed by atoms with Crippen LogP contribution in [0.3, 0.4) is 0 Å².